The zero-order valence-corrected chi connectivity index (χ0v) is 26.2. The van der Waals surface area contributed by atoms with E-state index < -0.39 is 0 Å². The number of pyridine rings is 1. The highest BCUT2D eigenvalue weighted by Gasteiger charge is 2.41. The first-order chi connectivity index (χ1) is 22.0. The summed E-state index contributed by atoms with van der Waals surface area (Å²) in [5.41, 5.74) is 17.5. The summed E-state index contributed by atoms with van der Waals surface area (Å²) >= 11 is 0. The van der Waals surface area contributed by atoms with Crippen molar-refractivity contribution in [2.45, 2.75) is 20.8 Å². The molecule has 6 aromatic rings. The molecule has 4 nitrogen and oxygen atoms in total. The van der Waals surface area contributed by atoms with Gasteiger partial charge in [0.25, 0.3) is 0 Å². The van der Waals surface area contributed by atoms with E-state index in [9.17, 15) is 0 Å². The molecule has 3 heterocycles. The van der Waals surface area contributed by atoms with Crippen molar-refractivity contribution in [2.75, 3.05) is 28.4 Å². The lowest BCUT2D eigenvalue weighted by Crippen LogP contribution is -2.58. The molecule has 0 saturated heterocycles. The number of para-hydroxylation sites is 2. The zero-order valence-electron chi connectivity index (χ0n) is 26.2. The van der Waals surface area contributed by atoms with Crippen LogP contribution in [0, 0.1) is 20.8 Å². The highest BCUT2D eigenvalue weighted by atomic mass is 15.4. The molecule has 1 aromatic heterocycles. The number of fused-ring (bicyclic) bond motifs is 2. The van der Waals surface area contributed by atoms with Gasteiger partial charge in [-0.25, -0.2) is 0 Å². The summed E-state index contributed by atoms with van der Waals surface area (Å²) in [5.74, 6) is 0. The number of nitrogens with zero attached hydrogens (tertiary/aromatic N) is 4. The molecule has 5 aromatic carbocycles. The second-order valence-electron chi connectivity index (χ2n) is 12.4. The van der Waals surface area contributed by atoms with Crippen LogP contribution in [0.3, 0.4) is 0 Å². The molecule has 0 radical (unpaired) electrons. The molecule has 0 saturated carbocycles. The summed E-state index contributed by atoms with van der Waals surface area (Å²) in [7, 11) is 2.20. The third-order valence-electron chi connectivity index (χ3n) is 9.37. The molecule has 2 aliphatic heterocycles. The molecule has 0 fully saturated rings. The summed E-state index contributed by atoms with van der Waals surface area (Å²) in [6.45, 7) is 7.73. The lowest BCUT2D eigenvalue weighted by molar-refractivity contribution is 0.951. The number of anilines is 6. The van der Waals surface area contributed by atoms with E-state index in [1.165, 1.54) is 50.1 Å². The Bertz CT molecular complexity index is 2030. The first-order valence-electron chi connectivity index (χ1n) is 15.7. The topological polar surface area (TPSA) is 22.6 Å². The lowest BCUT2D eigenvalue weighted by Gasteiger charge is -2.36. The van der Waals surface area contributed by atoms with Crippen LogP contribution in [-0.4, -0.2) is 25.4 Å². The molecule has 0 atom stereocenters. The minimum atomic E-state index is 0.157. The predicted molar refractivity (Wildman–Crippen MR) is 192 cm³/mol. The van der Waals surface area contributed by atoms with Crippen molar-refractivity contribution in [1.82, 2.24) is 4.98 Å². The van der Waals surface area contributed by atoms with Gasteiger partial charge in [-0.1, -0.05) is 88.9 Å². The smallest absolute Gasteiger partial charge is 0.247 e. The third kappa shape index (κ3) is 4.50. The predicted octanol–water partition coefficient (Wildman–Crippen LogP) is 7.52. The van der Waals surface area contributed by atoms with Gasteiger partial charge in [-0.15, -0.1) is 0 Å². The summed E-state index contributed by atoms with van der Waals surface area (Å²) in [5, 5.41) is 0. The van der Waals surface area contributed by atoms with Crippen molar-refractivity contribution in [3.63, 3.8) is 0 Å². The van der Waals surface area contributed by atoms with E-state index in [1.54, 1.807) is 0 Å². The molecule has 0 spiro atoms. The van der Waals surface area contributed by atoms with E-state index in [-0.39, 0.29) is 6.71 Å². The van der Waals surface area contributed by atoms with Gasteiger partial charge in [0.15, 0.2) is 0 Å². The van der Waals surface area contributed by atoms with E-state index >= 15 is 0 Å². The Balaban J connectivity index is 1.34. The van der Waals surface area contributed by atoms with Gasteiger partial charge in [-0.05, 0) is 86.3 Å². The second kappa shape index (κ2) is 10.7. The van der Waals surface area contributed by atoms with Crippen LogP contribution in [0.4, 0.5) is 34.1 Å². The van der Waals surface area contributed by atoms with E-state index in [2.05, 4.69) is 157 Å². The molecule has 2 aliphatic rings. The molecule has 45 heavy (non-hydrogen) atoms. The van der Waals surface area contributed by atoms with Gasteiger partial charge in [-0.2, -0.15) is 0 Å². The molecule has 0 aliphatic carbocycles. The van der Waals surface area contributed by atoms with Gasteiger partial charge in [0.1, 0.15) is 0 Å². The van der Waals surface area contributed by atoms with Crippen molar-refractivity contribution in [3.05, 3.63) is 144 Å². The Morgan fingerprint density at radius 2 is 1.38 bits per heavy atom. The molecule has 5 heteroatoms. The maximum absolute atomic E-state index is 4.63. The van der Waals surface area contributed by atoms with Gasteiger partial charge in [0, 0.05) is 41.6 Å². The number of rotatable bonds is 5. The summed E-state index contributed by atoms with van der Waals surface area (Å²) < 4.78 is 0. The fourth-order valence-corrected chi connectivity index (χ4v) is 7.58. The Morgan fingerprint density at radius 3 is 2.16 bits per heavy atom. The highest BCUT2D eigenvalue weighted by Crippen LogP contribution is 2.44. The Kier molecular flexibility index (Phi) is 6.49. The monoisotopic (exact) mass is 582 g/mol. The van der Waals surface area contributed by atoms with Crippen molar-refractivity contribution in [2.24, 2.45) is 0 Å². The van der Waals surface area contributed by atoms with E-state index in [0.717, 1.165) is 35.0 Å². The van der Waals surface area contributed by atoms with Crippen molar-refractivity contribution < 1.29 is 0 Å². The number of benzene rings is 5. The quantitative estimate of drug-likeness (QED) is 0.196. The first kappa shape index (κ1) is 27.3. The average molecular weight is 583 g/mol. The molecule has 218 valence electrons. The van der Waals surface area contributed by atoms with Gasteiger partial charge in [-0.3, -0.25) is 4.98 Å². The molecule has 0 bridgehead atoms. The molecule has 0 unspecified atom stereocenters. The van der Waals surface area contributed by atoms with Crippen LogP contribution in [0.25, 0.3) is 11.3 Å². The molecule has 0 amide bonds. The van der Waals surface area contributed by atoms with Gasteiger partial charge < -0.3 is 14.7 Å². The molecular formula is C40H35BN4. The first-order valence-corrected chi connectivity index (χ1v) is 15.7. The van der Waals surface area contributed by atoms with E-state index in [1.807, 2.05) is 18.3 Å². The van der Waals surface area contributed by atoms with Gasteiger partial charge in [0.05, 0.1) is 23.7 Å². The van der Waals surface area contributed by atoms with E-state index in [0.29, 0.717) is 0 Å². The standard InChI is InChI=1S/C40H35BN4/c1-27-22-28(2)39(29(3)23-27)41-34-20-19-33(25-38(34)44-26-43(4)37-18-11-16-35(41)40(37)44)45(31-13-6-5-7-14-31)32-15-10-12-30(24-32)36-17-8-9-21-42-36/h5-25H,26H2,1-4H3. The van der Waals surface area contributed by atoms with Crippen molar-refractivity contribution in [1.29, 1.82) is 0 Å². The largest absolute Gasteiger partial charge is 0.355 e. The lowest BCUT2D eigenvalue weighted by atomic mass is 9.34. The minimum Gasteiger partial charge on any atom is -0.355 e. The highest BCUT2D eigenvalue weighted by molar-refractivity contribution is 6.98. The Labute approximate surface area is 266 Å². The van der Waals surface area contributed by atoms with Crippen LogP contribution in [0.1, 0.15) is 16.7 Å². The maximum atomic E-state index is 4.63. The number of hydrogen-bond donors (Lipinski definition) is 0. The van der Waals surface area contributed by atoms with Crippen LogP contribution in [-0.2, 0) is 0 Å². The SMILES string of the molecule is Cc1cc(C)c(B2c3ccc(N(c4ccccc4)c4cccc(-c5ccccn5)c4)cc3N3CN(C)c4cccc2c43)c(C)c1. The van der Waals surface area contributed by atoms with Crippen LogP contribution >= 0.6 is 0 Å². The summed E-state index contributed by atoms with van der Waals surface area (Å²) in [6.07, 6.45) is 1.85. The number of hydrogen-bond acceptors (Lipinski definition) is 4. The van der Waals surface area contributed by atoms with Crippen LogP contribution in [0.2, 0.25) is 0 Å². The normalized spacial score (nSPS) is 13.1. The van der Waals surface area contributed by atoms with Gasteiger partial charge in [0.2, 0.25) is 6.71 Å². The molecule has 0 N–H and O–H groups in total. The fourth-order valence-electron chi connectivity index (χ4n) is 7.58. The number of aromatic nitrogens is 1. The Morgan fingerprint density at radius 1 is 0.644 bits per heavy atom. The summed E-state index contributed by atoms with van der Waals surface area (Å²) in [6, 6.07) is 44.0. The minimum absolute atomic E-state index is 0.157. The fraction of sp³-hybridized carbons (Fsp3) is 0.125. The average Bonchev–Trinajstić information content (AvgIpc) is 3.40. The number of aryl methyl sites for hydroxylation is 3. The third-order valence-corrected chi connectivity index (χ3v) is 9.37. The van der Waals surface area contributed by atoms with Crippen LogP contribution in [0.15, 0.2) is 128 Å². The van der Waals surface area contributed by atoms with Crippen molar-refractivity contribution >= 4 is 57.2 Å². The maximum Gasteiger partial charge on any atom is 0.247 e. The van der Waals surface area contributed by atoms with Crippen LogP contribution < -0.4 is 31.1 Å². The Hall–Kier alpha value is -5.29. The van der Waals surface area contributed by atoms with Gasteiger partial charge >= 0.3 is 0 Å². The molecular weight excluding hydrogens is 547 g/mol. The van der Waals surface area contributed by atoms with E-state index in [4.69, 9.17) is 0 Å². The van der Waals surface area contributed by atoms with Crippen LogP contribution in [0.5, 0.6) is 0 Å². The van der Waals surface area contributed by atoms with Crippen molar-refractivity contribution in [3.8, 4) is 11.3 Å². The summed E-state index contributed by atoms with van der Waals surface area (Å²) in [4.78, 5) is 11.9. The zero-order chi connectivity index (χ0) is 30.7. The molecule has 8 rings (SSSR count). The second-order valence-corrected chi connectivity index (χ2v) is 12.4.